The molecule has 2 aliphatic rings. The van der Waals surface area contributed by atoms with Crippen LogP contribution < -0.4 is 21.3 Å². The number of carbonyl (C=O) groups excluding carboxylic acids is 5. The molecule has 254 valence electrons. The average molecular weight is 657 g/mol. The molecule has 3 aromatic carbocycles. The van der Waals surface area contributed by atoms with Gasteiger partial charge in [-0.3, -0.25) is 14.4 Å². The lowest BCUT2D eigenvalue weighted by molar-refractivity contribution is -0.146. The van der Waals surface area contributed by atoms with E-state index in [-0.39, 0.29) is 37.2 Å². The summed E-state index contributed by atoms with van der Waals surface area (Å²) in [6.45, 7) is 4.43. The summed E-state index contributed by atoms with van der Waals surface area (Å²) < 4.78 is 10.5. The van der Waals surface area contributed by atoms with Crippen LogP contribution in [-0.2, 0) is 35.3 Å². The van der Waals surface area contributed by atoms with Crippen LogP contribution in [0.5, 0.6) is 0 Å². The normalized spacial score (nSPS) is 21.4. The van der Waals surface area contributed by atoms with E-state index in [0.29, 0.717) is 19.4 Å². The number of rotatable bonds is 13. The van der Waals surface area contributed by atoms with Gasteiger partial charge in [-0.1, -0.05) is 86.6 Å². The summed E-state index contributed by atoms with van der Waals surface area (Å²) in [5, 5.41) is 13.3. The van der Waals surface area contributed by atoms with Gasteiger partial charge in [-0.2, -0.15) is 0 Å². The number of fused-ring (bicyclic) bond motifs is 1. The molecule has 2 fully saturated rings. The fraction of sp³-hybridized carbons (Fsp3) is 0.432. The molecule has 11 heteroatoms. The Bertz CT molecular complexity index is 1640. The lowest BCUT2D eigenvalue weighted by Crippen LogP contribution is -2.58. The Hall–Kier alpha value is -4.93. The maximum absolute atomic E-state index is 14.3. The topological polar surface area (TPSA) is 152 Å². The van der Waals surface area contributed by atoms with E-state index >= 15 is 0 Å². The van der Waals surface area contributed by atoms with E-state index in [2.05, 4.69) is 21.3 Å². The Balaban J connectivity index is 1.37. The van der Waals surface area contributed by atoms with Crippen LogP contribution in [0.3, 0.4) is 0 Å². The minimum atomic E-state index is -1.38. The number of hydrogen-bond donors (Lipinski definition) is 4. The number of amides is 4. The summed E-state index contributed by atoms with van der Waals surface area (Å²) in [5.74, 6) is -2.79. The average Bonchev–Trinajstić information content (AvgIpc) is 3.81. The van der Waals surface area contributed by atoms with Crippen molar-refractivity contribution in [2.45, 2.75) is 76.1 Å². The highest BCUT2D eigenvalue weighted by atomic mass is 16.5. The number of piperidine rings is 1. The lowest BCUT2D eigenvalue weighted by atomic mass is 9.91. The minimum absolute atomic E-state index is 0.00503. The third kappa shape index (κ3) is 8.13. The van der Waals surface area contributed by atoms with Crippen molar-refractivity contribution in [1.82, 2.24) is 21.3 Å². The summed E-state index contributed by atoms with van der Waals surface area (Å²) in [7, 11) is 1.22. The molecule has 0 bridgehead atoms. The van der Waals surface area contributed by atoms with Crippen LogP contribution in [0.2, 0.25) is 0 Å². The summed E-state index contributed by atoms with van der Waals surface area (Å²) >= 11 is 0. The van der Waals surface area contributed by atoms with Gasteiger partial charge in [0.15, 0.2) is 0 Å². The minimum Gasteiger partial charge on any atom is -0.467 e. The number of benzene rings is 3. The highest BCUT2D eigenvalue weighted by Crippen LogP contribution is 2.53. The van der Waals surface area contributed by atoms with Crippen LogP contribution in [0.15, 0.2) is 72.8 Å². The molecule has 5 rings (SSSR count). The van der Waals surface area contributed by atoms with Crippen LogP contribution in [0, 0.1) is 11.8 Å². The Labute approximate surface area is 280 Å². The quantitative estimate of drug-likeness (QED) is 0.202. The van der Waals surface area contributed by atoms with Gasteiger partial charge in [-0.15, -0.1) is 0 Å². The van der Waals surface area contributed by atoms with Crippen molar-refractivity contribution < 1.29 is 33.4 Å². The molecule has 0 radical (unpaired) electrons. The highest BCUT2D eigenvalue weighted by Gasteiger charge is 2.63. The fourth-order valence-corrected chi connectivity index (χ4v) is 6.54. The zero-order chi connectivity index (χ0) is 34.3. The van der Waals surface area contributed by atoms with Gasteiger partial charge in [0.2, 0.25) is 17.7 Å². The van der Waals surface area contributed by atoms with E-state index in [9.17, 15) is 24.0 Å². The van der Waals surface area contributed by atoms with Gasteiger partial charge in [0.1, 0.15) is 24.2 Å². The summed E-state index contributed by atoms with van der Waals surface area (Å²) in [4.78, 5) is 66.4. The van der Waals surface area contributed by atoms with Gasteiger partial charge in [-0.05, 0) is 59.9 Å². The summed E-state index contributed by atoms with van der Waals surface area (Å²) in [6, 6.07) is 20.8. The van der Waals surface area contributed by atoms with Crippen LogP contribution in [0.4, 0.5) is 4.79 Å². The third-order valence-electron chi connectivity index (χ3n) is 9.15. The van der Waals surface area contributed by atoms with Crippen LogP contribution in [0.25, 0.3) is 10.8 Å². The standard InChI is InChI=1S/C37H44N4O7/c1-23(2)19-30(33(43)39-31(34(44)47-3)20-26-15-10-18-38-32(26)42)40-35(45)37(41-36(46)48-22-24-11-5-4-6-12-24)21-29(37)28-17-9-14-25-13-7-8-16-27(25)28/h4-9,11-14,16-17,23,26,29-31H,10,15,18-22H2,1-3H3,(H,38,42)(H,39,43)(H,40,45)(H,41,46)/t26-,29-,30-,31-,37?/m0/s1. The van der Waals surface area contributed by atoms with Gasteiger partial charge in [-0.25, -0.2) is 9.59 Å². The number of carbonyl (C=O) groups is 5. The Kier molecular flexibility index (Phi) is 11.0. The highest BCUT2D eigenvalue weighted by molar-refractivity contribution is 6.00. The molecule has 1 aliphatic heterocycles. The third-order valence-corrected chi connectivity index (χ3v) is 9.15. The molecular formula is C37H44N4O7. The lowest BCUT2D eigenvalue weighted by Gasteiger charge is -2.28. The van der Waals surface area contributed by atoms with E-state index < -0.39 is 47.4 Å². The first-order valence-corrected chi connectivity index (χ1v) is 16.5. The summed E-state index contributed by atoms with van der Waals surface area (Å²) in [5.41, 5.74) is 0.315. The van der Waals surface area contributed by atoms with Crippen LogP contribution in [0.1, 0.15) is 63.0 Å². The Morgan fingerprint density at radius 2 is 1.67 bits per heavy atom. The van der Waals surface area contributed by atoms with Gasteiger partial charge in [0.05, 0.1) is 7.11 Å². The SMILES string of the molecule is COC(=O)[C@H](C[C@@H]1CCCNC1=O)NC(=O)[C@H](CC(C)C)NC(=O)C1(NC(=O)OCc2ccccc2)C[C@H]1c1cccc2ccccc12. The van der Waals surface area contributed by atoms with E-state index in [4.69, 9.17) is 9.47 Å². The second kappa shape index (κ2) is 15.3. The molecule has 4 amide bonds. The zero-order valence-corrected chi connectivity index (χ0v) is 27.6. The number of methoxy groups -OCH3 is 1. The molecule has 48 heavy (non-hydrogen) atoms. The molecule has 1 unspecified atom stereocenters. The fourth-order valence-electron chi connectivity index (χ4n) is 6.54. The number of alkyl carbamates (subject to hydrolysis) is 1. The molecule has 3 aromatic rings. The van der Waals surface area contributed by atoms with Crippen molar-refractivity contribution in [1.29, 1.82) is 0 Å². The molecule has 4 N–H and O–H groups in total. The van der Waals surface area contributed by atoms with Gasteiger partial charge in [0.25, 0.3) is 0 Å². The summed E-state index contributed by atoms with van der Waals surface area (Å²) in [6.07, 6.45) is 1.25. The van der Waals surface area contributed by atoms with Gasteiger partial charge < -0.3 is 30.7 Å². The number of nitrogens with one attached hydrogen (secondary N) is 4. The molecular weight excluding hydrogens is 612 g/mol. The maximum atomic E-state index is 14.3. The molecule has 0 spiro atoms. The van der Waals surface area contributed by atoms with Crippen molar-refractivity contribution in [3.05, 3.63) is 83.9 Å². The number of hydrogen-bond acceptors (Lipinski definition) is 7. The van der Waals surface area contributed by atoms with Crippen molar-refractivity contribution in [2.75, 3.05) is 13.7 Å². The Morgan fingerprint density at radius 1 is 0.938 bits per heavy atom. The van der Waals surface area contributed by atoms with E-state index in [1.54, 1.807) is 0 Å². The largest absolute Gasteiger partial charge is 0.467 e. The maximum Gasteiger partial charge on any atom is 0.408 e. The van der Waals surface area contributed by atoms with Crippen LogP contribution >= 0.6 is 0 Å². The Morgan fingerprint density at radius 3 is 2.40 bits per heavy atom. The van der Waals surface area contributed by atoms with E-state index in [0.717, 1.165) is 28.3 Å². The molecule has 1 aliphatic carbocycles. The number of esters is 1. The molecule has 1 saturated heterocycles. The monoisotopic (exact) mass is 656 g/mol. The zero-order valence-electron chi connectivity index (χ0n) is 27.6. The first-order valence-electron chi connectivity index (χ1n) is 16.5. The second-order valence-corrected chi connectivity index (χ2v) is 13.1. The van der Waals surface area contributed by atoms with Crippen molar-refractivity contribution in [3.63, 3.8) is 0 Å². The van der Waals surface area contributed by atoms with E-state index in [1.165, 1.54) is 7.11 Å². The van der Waals surface area contributed by atoms with E-state index in [1.807, 2.05) is 86.6 Å². The second-order valence-electron chi connectivity index (χ2n) is 13.1. The first-order chi connectivity index (χ1) is 23.1. The molecule has 11 nitrogen and oxygen atoms in total. The molecule has 0 aromatic heterocycles. The van der Waals surface area contributed by atoms with Gasteiger partial charge >= 0.3 is 12.1 Å². The van der Waals surface area contributed by atoms with Crippen LogP contribution in [-0.4, -0.2) is 61.1 Å². The number of ether oxygens (including phenoxy) is 2. The molecule has 1 saturated carbocycles. The smallest absolute Gasteiger partial charge is 0.408 e. The van der Waals surface area contributed by atoms with Crippen molar-refractivity contribution in [2.24, 2.45) is 11.8 Å². The molecule has 1 heterocycles. The predicted molar refractivity (Wildman–Crippen MR) is 179 cm³/mol. The first kappa shape index (κ1) is 34.4. The van der Waals surface area contributed by atoms with Crippen molar-refractivity contribution >= 4 is 40.6 Å². The molecule has 5 atom stereocenters. The van der Waals surface area contributed by atoms with Crippen molar-refractivity contribution in [3.8, 4) is 0 Å². The van der Waals surface area contributed by atoms with Gasteiger partial charge in [0, 0.05) is 18.4 Å². The predicted octanol–water partition coefficient (Wildman–Crippen LogP) is 4.10.